The van der Waals surface area contributed by atoms with Crippen LogP contribution in [-0.2, 0) is 20.8 Å². The van der Waals surface area contributed by atoms with Crippen molar-refractivity contribution >= 4 is 17.7 Å². The fraction of sp³-hybridized carbons (Fsp3) is 0.690. The summed E-state index contributed by atoms with van der Waals surface area (Å²) in [7, 11) is 5.33. The molecule has 1 saturated heterocycles. The molecule has 3 rings (SSSR count). The van der Waals surface area contributed by atoms with E-state index >= 15 is 0 Å². The van der Waals surface area contributed by atoms with Crippen LogP contribution in [0.4, 0.5) is 0 Å². The molecule has 1 saturated carbocycles. The van der Waals surface area contributed by atoms with Crippen molar-refractivity contribution in [2.45, 2.75) is 69.9 Å². The third-order valence-corrected chi connectivity index (χ3v) is 8.06. The van der Waals surface area contributed by atoms with E-state index in [9.17, 15) is 14.4 Å². The van der Waals surface area contributed by atoms with Gasteiger partial charge in [-0.2, -0.15) is 0 Å². The maximum atomic E-state index is 13.5. The molecule has 39 heavy (non-hydrogen) atoms. The first-order valence-electron chi connectivity index (χ1n) is 14.3. The highest BCUT2D eigenvalue weighted by atomic mass is 16.5. The summed E-state index contributed by atoms with van der Waals surface area (Å²) >= 11 is 0. The maximum Gasteiger partial charge on any atom is 0.242 e. The number of benzene rings is 1. The van der Waals surface area contributed by atoms with E-state index in [1.165, 1.54) is 0 Å². The monoisotopic (exact) mass is 545 g/mol. The van der Waals surface area contributed by atoms with Crippen LogP contribution in [0.5, 0.6) is 11.5 Å². The van der Waals surface area contributed by atoms with Crippen molar-refractivity contribution in [3.05, 3.63) is 23.8 Å². The van der Waals surface area contributed by atoms with Crippen LogP contribution in [0.15, 0.2) is 18.2 Å². The van der Waals surface area contributed by atoms with E-state index < -0.39 is 5.91 Å². The number of nitrogens with two attached hydrogens (primary N) is 1. The molecule has 3 N–H and O–H groups in total. The zero-order valence-corrected chi connectivity index (χ0v) is 24.0. The molecule has 1 aromatic carbocycles. The van der Waals surface area contributed by atoms with Crippen LogP contribution in [0.2, 0.25) is 0 Å². The van der Waals surface area contributed by atoms with Crippen LogP contribution in [-0.4, -0.2) is 105 Å². The smallest absolute Gasteiger partial charge is 0.242 e. The highest BCUT2D eigenvalue weighted by molar-refractivity contribution is 5.88. The average Bonchev–Trinajstić information content (AvgIpc) is 3.36. The number of hydrogen-bond donors (Lipinski definition) is 2. The number of rotatable bonds is 15. The third kappa shape index (κ3) is 9.39. The van der Waals surface area contributed by atoms with Crippen molar-refractivity contribution < 1.29 is 23.9 Å². The lowest BCUT2D eigenvalue weighted by atomic mass is 9.94. The van der Waals surface area contributed by atoms with E-state index in [2.05, 4.69) is 17.3 Å². The Morgan fingerprint density at radius 1 is 1.00 bits per heavy atom. The minimum atomic E-state index is -0.517. The second kappa shape index (κ2) is 15.7. The van der Waals surface area contributed by atoms with Crippen LogP contribution in [0.25, 0.3) is 0 Å². The topological polar surface area (TPSA) is 117 Å². The van der Waals surface area contributed by atoms with Gasteiger partial charge in [0.05, 0.1) is 33.9 Å². The van der Waals surface area contributed by atoms with Gasteiger partial charge in [0.1, 0.15) is 0 Å². The Kier molecular flexibility index (Phi) is 12.3. The van der Waals surface area contributed by atoms with Gasteiger partial charge in [-0.05, 0) is 76.4 Å². The van der Waals surface area contributed by atoms with Crippen molar-refractivity contribution in [3.8, 4) is 11.5 Å². The first-order chi connectivity index (χ1) is 18.8. The van der Waals surface area contributed by atoms with E-state index in [0.29, 0.717) is 37.1 Å². The van der Waals surface area contributed by atoms with Gasteiger partial charge >= 0.3 is 0 Å². The number of likely N-dealkylation sites (tertiary alicyclic amines) is 1. The number of primary amides is 1. The predicted octanol–water partition coefficient (Wildman–Crippen LogP) is 1.80. The van der Waals surface area contributed by atoms with Gasteiger partial charge in [-0.1, -0.05) is 25.3 Å². The number of nitrogens with one attached hydrogen (secondary N) is 1. The van der Waals surface area contributed by atoms with Gasteiger partial charge in [-0.3, -0.25) is 14.4 Å². The molecule has 1 aromatic rings. The van der Waals surface area contributed by atoms with E-state index in [0.717, 1.165) is 63.5 Å². The molecule has 0 bridgehead atoms. The fourth-order valence-electron chi connectivity index (χ4n) is 5.75. The van der Waals surface area contributed by atoms with Crippen molar-refractivity contribution in [1.82, 2.24) is 20.0 Å². The van der Waals surface area contributed by atoms with E-state index in [-0.39, 0.29) is 37.5 Å². The van der Waals surface area contributed by atoms with Crippen molar-refractivity contribution in [2.75, 3.05) is 60.5 Å². The summed E-state index contributed by atoms with van der Waals surface area (Å²) in [6.07, 6.45) is 8.75. The van der Waals surface area contributed by atoms with E-state index in [1.807, 2.05) is 18.2 Å². The van der Waals surface area contributed by atoms with E-state index in [4.69, 9.17) is 15.2 Å². The Bertz CT molecular complexity index is 952. The minimum Gasteiger partial charge on any atom is -0.493 e. The van der Waals surface area contributed by atoms with Gasteiger partial charge in [0.2, 0.25) is 17.7 Å². The molecule has 2 fully saturated rings. The van der Waals surface area contributed by atoms with Crippen LogP contribution in [0.3, 0.4) is 0 Å². The van der Waals surface area contributed by atoms with E-state index in [1.54, 1.807) is 24.0 Å². The Morgan fingerprint density at radius 3 is 2.38 bits per heavy atom. The Hall–Kier alpha value is -2.85. The van der Waals surface area contributed by atoms with Crippen molar-refractivity contribution in [1.29, 1.82) is 0 Å². The minimum absolute atomic E-state index is 0.0104. The molecule has 2 aliphatic rings. The molecule has 0 spiro atoms. The Morgan fingerprint density at radius 2 is 1.74 bits per heavy atom. The van der Waals surface area contributed by atoms with Gasteiger partial charge in [0.15, 0.2) is 11.5 Å². The van der Waals surface area contributed by atoms with Gasteiger partial charge in [0, 0.05) is 18.6 Å². The Balaban J connectivity index is 1.60. The molecule has 1 unspecified atom stereocenters. The number of amides is 3. The normalized spacial score (nSPS) is 18.1. The van der Waals surface area contributed by atoms with Crippen LogP contribution < -0.4 is 20.5 Å². The summed E-state index contributed by atoms with van der Waals surface area (Å²) in [5, 5.41) is 3.24. The average molecular weight is 546 g/mol. The van der Waals surface area contributed by atoms with Gasteiger partial charge in [-0.25, -0.2) is 0 Å². The molecule has 10 heteroatoms. The summed E-state index contributed by atoms with van der Waals surface area (Å²) in [4.78, 5) is 44.2. The number of carbonyl (C=O) groups excluding carboxylic acids is 3. The first kappa shape index (κ1) is 30.7. The fourth-order valence-corrected chi connectivity index (χ4v) is 5.75. The first-order valence-corrected chi connectivity index (χ1v) is 14.3. The van der Waals surface area contributed by atoms with Crippen LogP contribution in [0, 0.1) is 0 Å². The molecule has 1 atom stereocenters. The summed E-state index contributed by atoms with van der Waals surface area (Å²) in [5.41, 5.74) is 6.57. The third-order valence-electron chi connectivity index (χ3n) is 8.06. The van der Waals surface area contributed by atoms with Gasteiger partial charge in [0.25, 0.3) is 0 Å². The highest BCUT2D eigenvalue weighted by Crippen LogP contribution is 2.27. The molecular weight excluding hydrogens is 498 g/mol. The molecular formula is C29H47N5O5. The van der Waals surface area contributed by atoms with Crippen LogP contribution in [0.1, 0.15) is 56.9 Å². The number of methoxy groups -OCH3 is 2. The summed E-state index contributed by atoms with van der Waals surface area (Å²) < 4.78 is 10.7. The van der Waals surface area contributed by atoms with Crippen molar-refractivity contribution in [3.63, 3.8) is 0 Å². The lowest BCUT2D eigenvalue weighted by molar-refractivity contribution is -0.143. The molecule has 1 aliphatic heterocycles. The largest absolute Gasteiger partial charge is 0.493 e. The number of nitrogens with zero attached hydrogens (tertiary/aromatic N) is 3. The number of carbonyl (C=O) groups is 3. The second-order valence-corrected chi connectivity index (χ2v) is 10.8. The summed E-state index contributed by atoms with van der Waals surface area (Å²) in [6.45, 7) is 2.18. The van der Waals surface area contributed by atoms with Gasteiger partial charge in [-0.15, -0.1) is 0 Å². The molecule has 218 valence electrons. The predicted molar refractivity (Wildman–Crippen MR) is 151 cm³/mol. The molecule has 1 aliphatic carbocycles. The SMILES string of the molecule is COc1ccc(CCNCC(=O)N(CCC2CCCN2C)CC(=O)N(CC(N)=O)C2CCCCC2)cc1OC. The summed E-state index contributed by atoms with van der Waals surface area (Å²) in [6, 6.07) is 6.21. The highest BCUT2D eigenvalue weighted by Gasteiger charge is 2.30. The second-order valence-electron chi connectivity index (χ2n) is 10.8. The number of hydrogen-bond acceptors (Lipinski definition) is 7. The molecule has 1 heterocycles. The van der Waals surface area contributed by atoms with Crippen LogP contribution >= 0.6 is 0 Å². The quantitative estimate of drug-likeness (QED) is 0.323. The summed E-state index contributed by atoms with van der Waals surface area (Å²) in [5.74, 6) is 0.525. The molecule has 0 aromatic heterocycles. The molecule has 10 nitrogen and oxygen atoms in total. The number of ether oxygens (including phenoxy) is 2. The lowest BCUT2D eigenvalue weighted by Gasteiger charge is -2.35. The standard InChI is InChI=1S/C29H47N5O5/c1-32-16-7-10-23(32)14-17-33(21-29(37)34(20-27(30)35)24-8-5-4-6-9-24)28(36)19-31-15-13-22-11-12-25(38-2)26(18-22)39-3/h11-12,18,23-24,31H,4-10,13-17,19-21H2,1-3H3,(H2,30,35). The molecule has 0 radical (unpaired) electrons. The zero-order valence-electron chi connectivity index (χ0n) is 24.0. The van der Waals surface area contributed by atoms with Crippen molar-refractivity contribution in [2.24, 2.45) is 5.73 Å². The maximum absolute atomic E-state index is 13.5. The van der Waals surface area contributed by atoms with Gasteiger partial charge < -0.3 is 35.2 Å². The molecule has 3 amide bonds. The zero-order chi connectivity index (χ0) is 28.2. The lowest BCUT2D eigenvalue weighted by Crippen LogP contribution is -2.52. The Labute approximate surface area is 233 Å².